The van der Waals surface area contributed by atoms with Gasteiger partial charge in [-0.25, -0.2) is 9.78 Å². The van der Waals surface area contributed by atoms with Gasteiger partial charge in [0.25, 0.3) is 5.91 Å². The van der Waals surface area contributed by atoms with Crippen molar-refractivity contribution in [2.45, 2.75) is 19.4 Å². The van der Waals surface area contributed by atoms with E-state index in [1.54, 1.807) is 11.8 Å². The van der Waals surface area contributed by atoms with Crippen LogP contribution in [0.3, 0.4) is 0 Å². The quantitative estimate of drug-likeness (QED) is 0.641. The molecule has 1 aromatic heterocycles. The standard InChI is InChI=1S/C17H15ClN2O3/c1-11(23-17(22)13-6-7-15(18)19-10-13)16(21)20-9-8-12-4-2-3-5-14(12)20/h2-7,10-11H,8-9H2,1H3/t11-/m1/s1. The fourth-order valence-electron chi connectivity index (χ4n) is 2.56. The Morgan fingerprint density at radius 1 is 1.26 bits per heavy atom. The number of halogens is 1. The van der Waals surface area contributed by atoms with Crippen molar-refractivity contribution in [2.75, 3.05) is 11.4 Å². The van der Waals surface area contributed by atoms with Crippen LogP contribution >= 0.6 is 11.6 Å². The Hall–Kier alpha value is -2.40. The number of fused-ring (bicyclic) bond motifs is 1. The third-order valence-electron chi connectivity index (χ3n) is 3.75. The molecule has 1 aromatic carbocycles. The molecule has 1 amide bonds. The van der Waals surface area contributed by atoms with Crippen LogP contribution in [0.1, 0.15) is 22.8 Å². The molecule has 0 bridgehead atoms. The topological polar surface area (TPSA) is 59.5 Å². The number of rotatable bonds is 3. The highest BCUT2D eigenvalue weighted by Gasteiger charge is 2.29. The summed E-state index contributed by atoms with van der Waals surface area (Å²) in [5.74, 6) is -0.826. The molecule has 3 rings (SSSR count). The van der Waals surface area contributed by atoms with E-state index in [1.165, 1.54) is 18.3 Å². The molecule has 0 saturated heterocycles. The number of hydrogen-bond acceptors (Lipinski definition) is 4. The smallest absolute Gasteiger partial charge is 0.340 e. The fraction of sp³-hybridized carbons (Fsp3) is 0.235. The molecule has 1 atom stereocenters. The number of benzene rings is 1. The van der Waals surface area contributed by atoms with Crippen LogP contribution in [-0.4, -0.2) is 29.5 Å². The summed E-state index contributed by atoms with van der Waals surface area (Å²) in [6.07, 6.45) is 1.26. The molecule has 2 heterocycles. The van der Waals surface area contributed by atoms with Crippen LogP contribution in [0.5, 0.6) is 0 Å². The fourth-order valence-corrected chi connectivity index (χ4v) is 2.67. The Labute approximate surface area is 138 Å². The lowest BCUT2D eigenvalue weighted by molar-refractivity contribution is -0.126. The van der Waals surface area contributed by atoms with Gasteiger partial charge in [-0.3, -0.25) is 4.79 Å². The minimum absolute atomic E-state index is 0.231. The molecule has 0 N–H and O–H groups in total. The van der Waals surface area contributed by atoms with Gasteiger partial charge < -0.3 is 9.64 Å². The molecule has 1 aliphatic heterocycles. The average Bonchev–Trinajstić information content (AvgIpc) is 2.98. The predicted octanol–water partition coefficient (Wildman–Crippen LogP) is 2.87. The summed E-state index contributed by atoms with van der Waals surface area (Å²) in [5.41, 5.74) is 2.27. The maximum absolute atomic E-state index is 12.5. The molecule has 0 spiro atoms. The van der Waals surface area contributed by atoms with Crippen molar-refractivity contribution in [3.8, 4) is 0 Å². The SMILES string of the molecule is C[C@@H](OC(=O)c1ccc(Cl)nc1)C(=O)N1CCc2ccccc21. The van der Waals surface area contributed by atoms with Crippen LogP contribution < -0.4 is 4.90 Å². The second-order valence-electron chi connectivity index (χ2n) is 5.29. The number of hydrogen-bond donors (Lipinski definition) is 0. The molecule has 5 nitrogen and oxygen atoms in total. The van der Waals surface area contributed by atoms with Crippen molar-refractivity contribution >= 4 is 29.2 Å². The molecule has 0 fully saturated rings. The maximum Gasteiger partial charge on any atom is 0.340 e. The van der Waals surface area contributed by atoms with Gasteiger partial charge in [-0.1, -0.05) is 29.8 Å². The summed E-state index contributed by atoms with van der Waals surface area (Å²) in [6, 6.07) is 10.8. The van der Waals surface area contributed by atoms with Crippen LogP contribution in [0.15, 0.2) is 42.6 Å². The second kappa shape index (κ2) is 6.38. The van der Waals surface area contributed by atoms with Gasteiger partial charge in [0.1, 0.15) is 5.15 Å². The molecule has 0 aliphatic carbocycles. The van der Waals surface area contributed by atoms with Gasteiger partial charge in [-0.05, 0) is 37.1 Å². The molecule has 0 unspecified atom stereocenters. The highest BCUT2D eigenvalue weighted by atomic mass is 35.5. The van der Waals surface area contributed by atoms with Crippen LogP contribution in [0, 0.1) is 0 Å². The number of esters is 1. The van der Waals surface area contributed by atoms with Crippen LogP contribution in [0.25, 0.3) is 0 Å². The zero-order valence-electron chi connectivity index (χ0n) is 12.5. The summed E-state index contributed by atoms with van der Waals surface area (Å²) in [5, 5.41) is 0.291. The highest BCUT2D eigenvalue weighted by molar-refractivity contribution is 6.29. The molecule has 0 saturated carbocycles. The molecule has 118 valence electrons. The maximum atomic E-state index is 12.5. The number of ether oxygens (including phenoxy) is 1. The number of nitrogens with zero attached hydrogens (tertiary/aromatic N) is 2. The Kier molecular flexibility index (Phi) is 4.30. The number of anilines is 1. The number of amides is 1. The lowest BCUT2D eigenvalue weighted by Gasteiger charge is -2.21. The van der Waals surface area contributed by atoms with Gasteiger partial charge in [0.15, 0.2) is 6.10 Å². The highest BCUT2D eigenvalue weighted by Crippen LogP contribution is 2.28. The number of aromatic nitrogens is 1. The Morgan fingerprint density at radius 2 is 2.04 bits per heavy atom. The summed E-state index contributed by atoms with van der Waals surface area (Å²) in [7, 11) is 0. The van der Waals surface area contributed by atoms with Crippen molar-refractivity contribution in [1.82, 2.24) is 4.98 Å². The van der Waals surface area contributed by atoms with E-state index in [-0.39, 0.29) is 11.5 Å². The Balaban J connectivity index is 1.69. The van der Waals surface area contributed by atoms with Gasteiger partial charge in [0.05, 0.1) is 5.56 Å². The third-order valence-corrected chi connectivity index (χ3v) is 3.97. The first-order valence-corrected chi connectivity index (χ1v) is 7.66. The van der Waals surface area contributed by atoms with Gasteiger partial charge >= 0.3 is 5.97 Å². The molecule has 1 aliphatic rings. The van der Waals surface area contributed by atoms with Gasteiger partial charge in [-0.2, -0.15) is 0 Å². The zero-order chi connectivity index (χ0) is 16.4. The normalized spacial score (nSPS) is 14.3. The van der Waals surface area contributed by atoms with Crippen LogP contribution in [0.4, 0.5) is 5.69 Å². The van der Waals surface area contributed by atoms with Crippen molar-refractivity contribution in [1.29, 1.82) is 0 Å². The second-order valence-corrected chi connectivity index (χ2v) is 5.67. The first-order chi connectivity index (χ1) is 11.1. The van der Waals surface area contributed by atoms with Crippen LogP contribution in [-0.2, 0) is 16.0 Å². The summed E-state index contributed by atoms with van der Waals surface area (Å²) in [4.78, 5) is 30.1. The number of carbonyl (C=O) groups excluding carboxylic acids is 2. The average molecular weight is 331 g/mol. The van der Waals surface area contributed by atoms with Crippen molar-refractivity contribution in [2.24, 2.45) is 0 Å². The van der Waals surface area contributed by atoms with E-state index < -0.39 is 12.1 Å². The summed E-state index contributed by atoms with van der Waals surface area (Å²) in [6.45, 7) is 2.17. The predicted molar refractivity (Wildman–Crippen MR) is 86.6 cm³/mol. The van der Waals surface area contributed by atoms with E-state index in [0.717, 1.165) is 17.7 Å². The third kappa shape index (κ3) is 3.19. The first-order valence-electron chi connectivity index (χ1n) is 7.28. The van der Waals surface area contributed by atoms with E-state index in [1.807, 2.05) is 24.3 Å². The molecular formula is C17H15ClN2O3. The van der Waals surface area contributed by atoms with Gasteiger partial charge in [0.2, 0.25) is 0 Å². The number of para-hydroxylation sites is 1. The Bertz CT molecular complexity index is 746. The molecule has 6 heteroatoms. The molecule has 23 heavy (non-hydrogen) atoms. The van der Waals surface area contributed by atoms with E-state index in [0.29, 0.717) is 11.7 Å². The van der Waals surface area contributed by atoms with Gasteiger partial charge in [-0.15, -0.1) is 0 Å². The van der Waals surface area contributed by atoms with E-state index >= 15 is 0 Å². The largest absolute Gasteiger partial charge is 0.449 e. The molecular weight excluding hydrogens is 316 g/mol. The lowest BCUT2D eigenvalue weighted by Crippen LogP contribution is -2.39. The van der Waals surface area contributed by atoms with Crippen molar-refractivity contribution in [3.05, 3.63) is 58.9 Å². The van der Waals surface area contributed by atoms with Crippen molar-refractivity contribution < 1.29 is 14.3 Å². The van der Waals surface area contributed by atoms with E-state index in [4.69, 9.17) is 16.3 Å². The number of pyridine rings is 1. The number of carbonyl (C=O) groups is 2. The monoisotopic (exact) mass is 330 g/mol. The summed E-state index contributed by atoms with van der Waals surface area (Å²) < 4.78 is 5.25. The zero-order valence-corrected chi connectivity index (χ0v) is 13.3. The van der Waals surface area contributed by atoms with Gasteiger partial charge in [0, 0.05) is 18.4 Å². The lowest BCUT2D eigenvalue weighted by atomic mass is 10.2. The van der Waals surface area contributed by atoms with E-state index in [2.05, 4.69) is 4.98 Å². The minimum Gasteiger partial charge on any atom is -0.449 e. The van der Waals surface area contributed by atoms with Crippen molar-refractivity contribution in [3.63, 3.8) is 0 Å². The minimum atomic E-state index is -0.871. The first kappa shape index (κ1) is 15.5. The Morgan fingerprint density at radius 3 is 2.78 bits per heavy atom. The molecule has 2 aromatic rings. The summed E-state index contributed by atoms with van der Waals surface area (Å²) >= 11 is 5.68. The van der Waals surface area contributed by atoms with E-state index in [9.17, 15) is 9.59 Å². The molecule has 0 radical (unpaired) electrons. The van der Waals surface area contributed by atoms with Crippen LogP contribution in [0.2, 0.25) is 5.15 Å².